The van der Waals surface area contributed by atoms with Crippen LogP contribution in [0.1, 0.15) is 21.7 Å². The average molecular weight is 234 g/mol. The lowest BCUT2D eigenvalue weighted by atomic mass is 10.2. The van der Waals surface area contributed by atoms with Crippen LogP contribution < -0.4 is 5.32 Å². The van der Waals surface area contributed by atoms with E-state index in [-0.39, 0.29) is 5.56 Å². The molecule has 0 saturated carbocycles. The lowest BCUT2D eigenvalue weighted by Crippen LogP contribution is -2.08. The number of aryl methyl sites for hydroxylation is 1. The molecule has 88 valence electrons. The van der Waals surface area contributed by atoms with Crippen LogP contribution in [0.25, 0.3) is 0 Å². The second-order valence-electron chi connectivity index (χ2n) is 3.34. The number of carboxylic acid groups (broad SMARTS) is 1. The molecule has 7 nitrogen and oxygen atoms in total. The first-order valence-electron chi connectivity index (χ1n) is 4.87. The van der Waals surface area contributed by atoms with Crippen molar-refractivity contribution in [3.63, 3.8) is 0 Å². The Morgan fingerprint density at radius 1 is 1.59 bits per heavy atom. The minimum Gasteiger partial charge on any atom is -0.478 e. The summed E-state index contributed by atoms with van der Waals surface area (Å²) in [5.74, 6) is -0.680. The fourth-order valence-electron chi connectivity index (χ4n) is 1.26. The van der Waals surface area contributed by atoms with Crippen LogP contribution in [0.3, 0.4) is 0 Å². The number of aromatic carboxylic acids is 1. The van der Waals surface area contributed by atoms with Crippen LogP contribution in [-0.2, 0) is 6.54 Å². The van der Waals surface area contributed by atoms with Crippen LogP contribution in [0.5, 0.6) is 0 Å². The molecule has 0 radical (unpaired) electrons. The SMILES string of the molecule is Cc1nc(NCc2ccon2)ncc1C(=O)O. The summed E-state index contributed by atoms with van der Waals surface area (Å²) in [5.41, 5.74) is 1.22. The van der Waals surface area contributed by atoms with Gasteiger partial charge in [-0.15, -0.1) is 0 Å². The van der Waals surface area contributed by atoms with Crippen molar-refractivity contribution in [3.8, 4) is 0 Å². The third-order valence-electron chi connectivity index (χ3n) is 2.13. The van der Waals surface area contributed by atoms with Gasteiger partial charge in [0.1, 0.15) is 12.0 Å². The molecule has 0 fully saturated rings. The van der Waals surface area contributed by atoms with Crippen molar-refractivity contribution in [2.24, 2.45) is 0 Å². The summed E-state index contributed by atoms with van der Waals surface area (Å²) in [5, 5.41) is 15.4. The summed E-state index contributed by atoms with van der Waals surface area (Å²) in [7, 11) is 0. The van der Waals surface area contributed by atoms with Gasteiger partial charge in [-0.25, -0.2) is 14.8 Å². The second kappa shape index (κ2) is 4.60. The van der Waals surface area contributed by atoms with Gasteiger partial charge in [0.25, 0.3) is 0 Å². The molecular formula is C10H10N4O3. The van der Waals surface area contributed by atoms with Crippen molar-refractivity contribution < 1.29 is 14.4 Å². The van der Waals surface area contributed by atoms with Crippen molar-refractivity contribution in [1.29, 1.82) is 0 Å². The number of aromatic nitrogens is 3. The van der Waals surface area contributed by atoms with Gasteiger partial charge in [0.15, 0.2) is 0 Å². The monoisotopic (exact) mass is 234 g/mol. The van der Waals surface area contributed by atoms with E-state index in [0.29, 0.717) is 23.9 Å². The fourth-order valence-corrected chi connectivity index (χ4v) is 1.26. The highest BCUT2D eigenvalue weighted by atomic mass is 16.5. The molecule has 7 heteroatoms. The Morgan fingerprint density at radius 3 is 3.00 bits per heavy atom. The topological polar surface area (TPSA) is 101 Å². The molecular weight excluding hydrogens is 224 g/mol. The summed E-state index contributed by atoms with van der Waals surface area (Å²) in [6.07, 6.45) is 2.74. The quantitative estimate of drug-likeness (QED) is 0.816. The van der Waals surface area contributed by atoms with Crippen molar-refractivity contribution >= 4 is 11.9 Å². The third kappa shape index (κ3) is 2.57. The first-order chi connectivity index (χ1) is 8.16. The first-order valence-corrected chi connectivity index (χ1v) is 4.87. The number of hydrogen-bond donors (Lipinski definition) is 2. The van der Waals surface area contributed by atoms with Gasteiger partial charge in [-0.05, 0) is 6.92 Å². The molecule has 2 rings (SSSR count). The predicted octanol–water partition coefficient (Wildman–Crippen LogP) is 1.08. The summed E-state index contributed by atoms with van der Waals surface area (Å²) in [6.45, 7) is 2.04. The van der Waals surface area contributed by atoms with Gasteiger partial charge < -0.3 is 14.9 Å². The second-order valence-corrected chi connectivity index (χ2v) is 3.34. The zero-order valence-corrected chi connectivity index (χ0v) is 9.04. The molecule has 0 aliphatic carbocycles. The van der Waals surface area contributed by atoms with Gasteiger partial charge in [0.2, 0.25) is 5.95 Å². The van der Waals surface area contributed by atoms with Gasteiger partial charge in [0.05, 0.1) is 17.8 Å². The van der Waals surface area contributed by atoms with E-state index in [4.69, 9.17) is 5.11 Å². The van der Waals surface area contributed by atoms with Gasteiger partial charge in [0, 0.05) is 12.3 Å². The van der Waals surface area contributed by atoms with E-state index < -0.39 is 5.97 Å². The number of rotatable bonds is 4. The highest BCUT2D eigenvalue weighted by molar-refractivity contribution is 5.88. The van der Waals surface area contributed by atoms with Crippen molar-refractivity contribution in [3.05, 3.63) is 35.5 Å². The zero-order chi connectivity index (χ0) is 12.3. The van der Waals surface area contributed by atoms with Crippen molar-refractivity contribution in [2.45, 2.75) is 13.5 Å². The average Bonchev–Trinajstić information content (AvgIpc) is 2.78. The Morgan fingerprint density at radius 2 is 2.41 bits per heavy atom. The van der Waals surface area contributed by atoms with Crippen LogP contribution in [0.15, 0.2) is 23.0 Å². The van der Waals surface area contributed by atoms with E-state index in [1.807, 2.05) is 0 Å². The smallest absolute Gasteiger partial charge is 0.339 e. The first kappa shape index (κ1) is 11.1. The molecule has 0 unspecified atom stereocenters. The lowest BCUT2D eigenvalue weighted by molar-refractivity contribution is 0.0695. The molecule has 0 aliphatic heterocycles. The molecule has 17 heavy (non-hydrogen) atoms. The van der Waals surface area contributed by atoms with Crippen molar-refractivity contribution in [2.75, 3.05) is 5.32 Å². The lowest BCUT2D eigenvalue weighted by Gasteiger charge is -2.04. The molecule has 0 bridgehead atoms. The van der Waals surface area contributed by atoms with Gasteiger partial charge in [-0.3, -0.25) is 0 Å². The van der Waals surface area contributed by atoms with Gasteiger partial charge in [-0.1, -0.05) is 5.16 Å². The number of nitrogens with one attached hydrogen (secondary N) is 1. The molecule has 2 aromatic rings. The minimum atomic E-state index is -1.04. The van der Waals surface area contributed by atoms with Crippen LogP contribution in [0, 0.1) is 6.92 Å². The maximum atomic E-state index is 10.8. The van der Waals surface area contributed by atoms with Crippen LogP contribution in [0.2, 0.25) is 0 Å². The number of anilines is 1. The predicted molar refractivity (Wildman–Crippen MR) is 57.6 cm³/mol. The Kier molecular flexibility index (Phi) is 2.99. The molecule has 0 atom stereocenters. The maximum absolute atomic E-state index is 10.8. The van der Waals surface area contributed by atoms with Crippen LogP contribution in [-0.4, -0.2) is 26.2 Å². The number of nitrogens with zero attached hydrogens (tertiary/aromatic N) is 3. The van der Waals surface area contributed by atoms with Gasteiger partial charge >= 0.3 is 5.97 Å². The Balaban J connectivity index is 2.07. The zero-order valence-electron chi connectivity index (χ0n) is 9.04. The Labute approximate surface area is 96.5 Å². The molecule has 0 aromatic carbocycles. The molecule has 2 aromatic heterocycles. The van der Waals surface area contributed by atoms with E-state index in [0.717, 1.165) is 0 Å². The molecule has 0 spiro atoms. The summed E-state index contributed by atoms with van der Waals surface area (Å²) >= 11 is 0. The molecule has 2 N–H and O–H groups in total. The summed E-state index contributed by atoms with van der Waals surface area (Å²) < 4.78 is 4.67. The van der Waals surface area contributed by atoms with Gasteiger partial charge in [-0.2, -0.15) is 0 Å². The minimum absolute atomic E-state index is 0.0944. The van der Waals surface area contributed by atoms with E-state index in [1.165, 1.54) is 12.5 Å². The molecule has 0 amide bonds. The van der Waals surface area contributed by atoms with Crippen molar-refractivity contribution in [1.82, 2.24) is 15.1 Å². The molecule has 0 aliphatic rings. The highest BCUT2D eigenvalue weighted by Gasteiger charge is 2.09. The number of carboxylic acids is 1. The Bertz CT molecular complexity index is 524. The summed E-state index contributed by atoms with van der Waals surface area (Å²) in [4.78, 5) is 18.7. The molecule has 0 saturated heterocycles. The van der Waals surface area contributed by atoms with Crippen LogP contribution >= 0.6 is 0 Å². The number of carbonyl (C=O) groups is 1. The largest absolute Gasteiger partial charge is 0.478 e. The standard InChI is InChI=1S/C10H10N4O3/c1-6-8(9(15)16)5-12-10(13-6)11-4-7-2-3-17-14-7/h2-3,5H,4H2,1H3,(H,15,16)(H,11,12,13). The maximum Gasteiger partial charge on any atom is 0.339 e. The summed E-state index contributed by atoms with van der Waals surface area (Å²) in [6, 6.07) is 1.71. The van der Waals surface area contributed by atoms with E-state index in [1.54, 1.807) is 13.0 Å². The number of hydrogen-bond acceptors (Lipinski definition) is 6. The highest BCUT2D eigenvalue weighted by Crippen LogP contribution is 2.07. The molecule has 2 heterocycles. The normalized spacial score (nSPS) is 10.2. The van der Waals surface area contributed by atoms with E-state index in [9.17, 15) is 4.79 Å². The fraction of sp³-hybridized carbons (Fsp3) is 0.200. The Hall–Kier alpha value is -2.44. The van der Waals surface area contributed by atoms with Crippen LogP contribution in [0.4, 0.5) is 5.95 Å². The third-order valence-corrected chi connectivity index (χ3v) is 2.13. The van der Waals surface area contributed by atoms with E-state index in [2.05, 4.69) is 25.0 Å². The van der Waals surface area contributed by atoms with E-state index >= 15 is 0 Å².